The van der Waals surface area contributed by atoms with Crippen molar-refractivity contribution in [2.75, 3.05) is 13.1 Å². The maximum absolute atomic E-state index is 11.7. The Kier molecular flexibility index (Phi) is 6.90. The van der Waals surface area contributed by atoms with E-state index in [0.29, 0.717) is 6.04 Å². The highest BCUT2D eigenvalue weighted by atomic mass is 35.5. The number of amides is 1. The molecule has 2 aliphatic rings. The normalized spacial score (nSPS) is 25.3. The second-order valence-corrected chi connectivity index (χ2v) is 5.30. The van der Waals surface area contributed by atoms with Gasteiger partial charge in [-0.3, -0.25) is 4.79 Å². The molecule has 0 unspecified atom stereocenters. The number of hydrogen-bond acceptors (Lipinski definition) is 2. The quantitative estimate of drug-likeness (QED) is 0.814. The van der Waals surface area contributed by atoms with Crippen LogP contribution < -0.4 is 10.6 Å². The van der Waals surface area contributed by atoms with Gasteiger partial charge in [0.25, 0.3) is 0 Å². The average Bonchev–Trinajstić information content (AvgIpc) is 2.81. The second-order valence-electron chi connectivity index (χ2n) is 5.30. The van der Waals surface area contributed by atoms with Crippen LogP contribution in [0.25, 0.3) is 0 Å². The van der Waals surface area contributed by atoms with E-state index >= 15 is 0 Å². The lowest BCUT2D eigenvalue weighted by Crippen LogP contribution is -2.45. The van der Waals surface area contributed by atoms with Gasteiger partial charge in [0.15, 0.2) is 0 Å². The van der Waals surface area contributed by atoms with Crippen LogP contribution in [0.5, 0.6) is 0 Å². The van der Waals surface area contributed by atoms with Gasteiger partial charge < -0.3 is 10.6 Å². The number of piperidine rings is 1. The third-order valence-electron chi connectivity index (χ3n) is 3.92. The van der Waals surface area contributed by atoms with Crippen LogP contribution in [0.1, 0.15) is 51.4 Å². The Morgan fingerprint density at radius 1 is 1.18 bits per heavy atom. The predicted molar refractivity (Wildman–Crippen MR) is 72.5 cm³/mol. The Bertz CT molecular complexity index is 223. The first kappa shape index (κ1) is 14.8. The van der Waals surface area contributed by atoms with Gasteiger partial charge in [0.05, 0.1) is 0 Å². The van der Waals surface area contributed by atoms with Gasteiger partial charge in [-0.25, -0.2) is 0 Å². The zero-order valence-electron chi connectivity index (χ0n) is 10.5. The fraction of sp³-hybridized carbons (Fsp3) is 0.923. The zero-order chi connectivity index (χ0) is 11.2. The van der Waals surface area contributed by atoms with Crippen LogP contribution in [-0.2, 0) is 4.79 Å². The first-order chi connectivity index (χ1) is 7.84. The van der Waals surface area contributed by atoms with E-state index in [9.17, 15) is 4.79 Å². The van der Waals surface area contributed by atoms with Crippen LogP contribution in [-0.4, -0.2) is 25.0 Å². The molecule has 0 spiro atoms. The van der Waals surface area contributed by atoms with Crippen molar-refractivity contribution in [1.29, 1.82) is 0 Å². The SMILES string of the molecule is Cl.O=C(CCC1CCCC1)N[C@H]1CCCNC1. The van der Waals surface area contributed by atoms with Crippen molar-refractivity contribution in [1.82, 2.24) is 10.6 Å². The van der Waals surface area contributed by atoms with Gasteiger partial charge in [-0.2, -0.15) is 0 Å². The van der Waals surface area contributed by atoms with E-state index in [1.165, 1.54) is 32.1 Å². The lowest BCUT2D eigenvalue weighted by molar-refractivity contribution is -0.122. The summed E-state index contributed by atoms with van der Waals surface area (Å²) in [5.74, 6) is 1.09. The summed E-state index contributed by atoms with van der Waals surface area (Å²) in [7, 11) is 0. The van der Waals surface area contributed by atoms with E-state index < -0.39 is 0 Å². The molecule has 2 N–H and O–H groups in total. The van der Waals surface area contributed by atoms with E-state index in [2.05, 4.69) is 10.6 Å². The van der Waals surface area contributed by atoms with Gasteiger partial charge in [-0.05, 0) is 31.7 Å². The zero-order valence-corrected chi connectivity index (χ0v) is 11.4. The number of hydrogen-bond donors (Lipinski definition) is 2. The highest BCUT2D eigenvalue weighted by Crippen LogP contribution is 2.28. The van der Waals surface area contributed by atoms with E-state index in [1.54, 1.807) is 0 Å². The largest absolute Gasteiger partial charge is 0.352 e. The molecule has 1 amide bonds. The molecule has 0 aromatic rings. The highest BCUT2D eigenvalue weighted by molar-refractivity contribution is 5.85. The Labute approximate surface area is 111 Å². The summed E-state index contributed by atoms with van der Waals surface area (Å²) >= 11 is 0. The van der Waals surface area contributed by atoms with Crippen LogP contribution in [0.4, 0.5) is 0 Å². The summed E-state index contributed by atoms with van der Waals surface area (Å²) in [6.45, 7) is 2.06. The van der Waals surface area contributed by atoms with E-state index in [4.69, 9.17) is 0 Å². The molecule has 17 heavy (non-hydrogen) atoms. The summed E-state index contributed by atoms with van der Waals surface area (Å²) in [4.78, 5) is 11.7. The third-order valence-corrected chi connectivity index (χ3v) is 3.92. The lowest BCUT2D eigenvalue weighted by Gasteiger charge is -2.24. The third kappa shape index (κ3) is 5.26. The minimum atomic E-state index is 0. The fourth-order valence-electron chi connectivity index (χ4n) is 2.91. The van der Waals surface area contributed by atoms with Gasteiger partial charge in [-0.1, -0.05) is 25.7 Å². The molecule has 3 nitrogen and oxygen atoms in total. The Balaban J connectivity index is 0.00000144. The Morgan fingerprint density at radius 2 is 1.94 bits per heavy atom. The molecule has 2 fully saturated rings. The topological polar surface area (TPSA) is 41.1 Å². The van der Waals surface area contributed by atoms with Gasteiger partial charge in [0, 0.05) is 19.0 Å². The van der Waals surface area contributed by atoms with Crippen LogP contribution in [0, 0.1) is 5.92 Å². The molecule has 0 bridgehead atoms. The summed E-state index contributed by atoms with van der Waals surface area (Å²) in [5.41, 5.74) is 0. The molecule has 100 valence electrons. The maximum Gasteiger partial charge on any atom is 0.220 e. The van der Waals surface area contributed by atoms with Crippen LogP contribution in [0.15, 0.2) is 0 Å². The molecule has 1 heterocycles. The molecule has 1 atom stereocenters. The molecule has 1 saturated heterocycles. The Morgan fingerprint density at radius 3 is 2.59 bits per heavy atom. The van der Waals surface area contributed by atoms with Crippen LogP contribution in [0.3, 0.4) is 0 Å². The number of halogens is 1. The number of carbonyl (C=O) groups excluding carboxylic acids is 1. The van der Waals surface area contributed by atoms with Crippen molar-refractivity contribution in [3.63, 3.8) is 0 Å². The second kappa shape index (κ2) is 7.93. The van der Waals surface area contributed by atoms with Gasteiger partial charge in [0.2, 0.25) is 5.91 Å². The number of carbonyl (C=O) groups is 1. The molecule has 0 aromatic heterocycles. The summed E-state index contributed by atoms with van der Waals surface area (Å²) in [6.07, 6.45) is 9.61. The smallest absolute Gasteiger partial charge is 0.220 e. The first-order valence-corrected chi connectivity index (χ1v) is 6.84. The molecule has 2 rings (SSSR count). The standard InChI is InChI=1S/C13H24N2O.ClH/c16-13(8-7-11-4-1-2-5-11)15-12-6-3-9-14-10-12;/h11-12,14H,1-10H2,(H,15,16);1H/t12-;/m0./s1. The molecule has 4 heteroatoms. The summed E-state index contributed by atoms with van der Waals surface area (Å²) in [5, 5.41) is 6.46. The lowest BCUT2D eigenvalue weighted by atomic mass is 10.0. The molecule has 1 aliphatic carbocycles. The maximum atomic E-state index is 11.7. The minimum absolute atomic E-state index is 0. The van der Waals surface area contributed by atoms with E-state index in [1.807, 2.05) is 0 Å². The number of rotatable bonds is 4. The fourth-order valence-corrected chi connectivity index (χ4v) is 2.91. The molecule has 0 aromatic carbocycles. The van der Waals surface area contributed by atoms with Crippen molar-refractivity contribution < 1.29 is 4.79 Å². The monoisotopic (exact) mass is 260 g/mol. The van der Waals surface area contributed by atoms with Gasteiger partial charge in [0.1, 0.15) is 0 Å². The van der Waals surface area contributed by atoms with Gasteiger partial charge >= 0.3 is 0 Å². The minimum Gasteiger partial charge on any atom is -0.352 e. The van der Waals surface area contributed by atoms with Crippen molar-refractivity contribution in [3.05, 3.63) is 0 Å². The van der Waals surface area contributed by atoms with Gasteiger partial charge in [-0.15, -0.1) is 12.4 Å². The van der Waals surface area contributed by atoms with Crippen LogP contribution in [0.2, 0.25) is 0 Å². The van der Waals surface area contributed by atoms with Crippen molar-refractivity contribution in [2.45, 2.75) is 57.4 Å². The summed E-state index contributed by atoms with van der Waals surface area (Å²) < 4.78 is 0. The molecular weight excluding hydrogens is 236 g/mol. The number of nitrogens with one attached hydrogen (secondary N) is 2. The summed E-state index contributed by atoms with van der Waals surface area (Å²) in [6, 6.07) is 0.379. The van der Waals surface area contributed by atoms with Crippen molar-refractivity contribution in [2.24, 2.45) is 5.92 Å². The van der Waals surface area contributed by atoms with E-state index in [-0.39, 0.29) is 18.3 Å². The van der Waals surface area contributed by atoms with E-state index in [0.717, 1.165) is 38.3 Å². The average molecular weight is 261 g/mol. The predicted octanol–water partition coefficient (Wildman–Crippen LogP) is 2.25. The first-order valence-electron chi connectivity index (χ1n) is 6.84. The van der Waals surface area contributed by atoms with Crippen molar-refractivity contribution in [3.8, 4) is 0 Å². The molecule has 1 saturated carbocycles. The Hall–Kier alpha value is -0.280. The van der Waals surface area contributed by atoms with Crippen molar-refractivity contribution >= 4 is 18.3 Å². The molecule has 0 radical (unpaired) electrons. The highest BCUT2D eigenvalue weighted by Gasteiger charge is 2.18. The van der Waals surface area contributed by atoms with Crippen LogP contribution >= 0.6 is 12.4 Å². The molecule has 1 aliphatic heterocycles. The molecular formula is C13H25ClN2O.